The van der Waals surface area contributed by atoms with E-state index in [4.69, 9.17) is 4.74 Å². The third kappa shape index (κ3) is 3.87. The Hall–Kier alpha value is -2.08. The fourth-order valence-corrected chi connectivity index (χ4v) is 5.45. The van der Waals surface area contributed by atoms with Crippen LogP contribution in [0, 0.1) is 5.92 Å². The van der Waals surface area contributed by atoms with Gasteiger partial charge in [-0.25, -0.2) is 0 Å². The third-order valence-corrected chi connectivity index (χ3v) is 7.12. The second kappa shape index (κ2) is 7.98. The van der Waals surface area contributed by atoms with E-state index in [1.807, 2.05) is 9.80 Å². The topological polar surface area (TPSA) is 53.1 Å². The number of carbonyl (C=O) groups excluding carboxylic acids is 2. The SMILES string of the molecule is O=C(C1CC(=O)N(C2CCCC2)C1)N1CCN(Cc2ccc3c(c2)CCO3)CC1. The van der Waals surface area contributed by atoms with Gasteiger partial charge in [0.25, 0.3) is 0 Å². The van der Waals surface area contributed by atoms with Gasteiger partial charge in [0.2, 0.25) is 11.8 Å². The molecule has 6 heteroatoms. The van der Waals surface area contributed by atoms with Gasteiger partial charge < -0.3 is 14.5 Å². The van der Waals surface area contributed by atoms with Crippen LogP contribution in [0.1, 0.15) is 43.2 Å². The van der Waals surface area contributed by atoms with Crippen molar-refractivity contribution in [3.05, 3.63) is 29.3 Å². The standard InChI is InChI=1S/C23H31N3O3/c27-22-14-19(16-26(22)20-3-1-2-4-20)23(28)25-10-8-24(9-11-25)15-17-5-6-21-18(13-17)7-12-29-21/h5-6,13,19-20H,1-4,7-12,14-16H2. The fraction of sp³-hybridized carbons (Fsp3) is 0.652. The van der Waals surface area contributed by atoms with Crippen LogP contribution < -0.4 is 4.74 Å². The van der Waals surface area contributed by atoms with E-state index < -0.39 is 0 Å². The Morgan fingerprint density at radius 3 is 2.69 bits per heavy atom. The number of fused-ring (bicyclic) bond motifs is 1. The van der Waals surface area contributed by atoms with E-state index in [0.717, 1.165) is 64.3 Å². The Kier molecular flexibility index (Phi) is 5.20. The van der Waals surface area contributed by atoms with Crippen molar-refractivity contribution in [3.63, 3.8) is 0 Å². The number of hydrogen-bond acceptors (Lipinski definition) is 4. The van der Waals surface area contributed by atoms with Gasteiger partial charge in [-0.3, -0.25) is 14.5 Å². The van der Waals surface area contributed by atoms with Gasteiger partial charge >= 0.3 is 0 Å². The lowest BCUT2D eigenvalue weighted by molar-refractivity contribution is -0.137. The van der Waals surface area contributed by atoms with Gasteiger partial charge in [-0.1, -0.05) is 25.0 Å². The first kappa shape index (κ1) is 18.9. The number of piperazine rings is 1. The Bertz CT molecular complexity index is 782. The molecular formula is C23H31N3O3. The lowest BCUT2D eigenvalue weighted by Crippen LogP contribution is -2.50. The molecular weight excluding hydrogens is 366 g/mol. The van der Waals surface area contributed by atoms with Crippen LogP contribution in [-0.2, 0) is 22.6 Å². The molecule has 0 N–H and O–H groups in total. The maximum absolute atomic E-state index is 13.0. The van der Waals surface area contributed by atoms with Crippen LogP contribution in [0.2, 0.25) is 0 Å². The average Bonchev–Trinajstić information content (AvgIpc) is 3.48. The van der Waals surface area contributed by atoms with Gasteiger partial charge in [0.15, 0.2) is 0 Å². The number of hydrogen-bond donors (Lipinski definition) is 0. The zero-order valence-electron chi connectivity index (χ0n) is 17.1. The van der Waals surface area contributed by atoms with Gasteiger partial charge in [0.05, 0.1) is 12.5 Å². The minimum Gasteiger partial charge on any atom is -0.493 e. The highest BCUT2D eigenvalue weighted by Gasteiger charge is 2.40. The minimum absolute atomic E-state index is 0.133. The van der Waals surface area contributed by atoms with Crippen LogP contribution in [0.5, 0.6) is 5.75 Å². The number of rotatable bonds is 4. The molecule has 2 amide bonds. The predicted octanol–water partition coefficient (Wildman–Crippen LogP) is 2.06. The van der Waals surface area contributed by atoms with E-state index in [1.54, 1.807) is 0 Å². The summed E-state index contributed by atoms with van der Waals surface area (Å²) in [7, 11) is 0. The van der Waals surface area contributed by atoms with Crippen molar-refractivity contribution >= 4 is 11.8 Å². The molecule has 1 atom stereocenters. The quantitative estimate of drug-likeness (QED) is 0.780. The molecule has 3 aliphatic heterocycles. The Morgan fingerprint density at radius 2 is 1.90 bits per heavy atom. The molecule has 5 rings (SSSR count). The summed E-state index contributed by atoms with van der Waals surface area (Å²) in [6, 6.07) is 6.89. The molecule has 1 aliphatic carbocycles. The van der Waals surface area contributed by atoms with Crippen LogP contribution in [-0.4, -0.2) is 71.9 Å². The van der Waals surface area contributed by atoms with Crippen LogP contribution in [0.4, 0.5) is 0 Å². The van der Waals surface area contributed by atoms with E-state index in [1.165, 1.54) is 24.0 Å². The van der Waals surface area contributed by atoms with Crippen molar-refractivity contribution < 1.29 is 14.3 Å². The van der Waals surface area contributed by atoms with E-state index in [-0.39, 0.29) is 17.7 Å². The summed E-state index contributed by atoms with van der Waals surface area (Å²) in [6.45, 7) is 5.68. The molecule has 1 unspecified atom stereocenters. The Labute approximate surface area is 172 Å². The van der Waals surface area contributed by atoms with Crippen molar-refractivity contribution in [3.8, 4) is 5.75 Å². The van der Waals surface area contributed by atoms with Gasteiger partial charge in [-0.05, 0) is 30.0 Å². The zero-order valence-corrected chi connectivity index (χ0v) is 17.1. The van der Waals surface area contributed by atoms with Crippen LogP contribution in [0.15, 0.2) is 18.2 Å². The molecule has 1 saturated carbocycles. The molecule has 3 heterocycles. The third-order valence-electron chi connectivity index (χ3n) is 7.12. The second-order valence-electron chi connectivity index (χ2n) is 9.03. The Balaban J connectivity index is 1.13. The van der Waals surface area contributed by atoms with Gasteiger partial charge in [0, 0.05) is 58.2 Å². The van der Waals surface area contributed by atoms with Crippen molar-refractivity contribution in [1.82, 2.24) is 14.7 Å². The first-order valence-electron chi connectivity index (χ1n) is 11.2. The molecule has 29 heavy (non-hydrogen) atoms. The van der Waals surface area contributed by atoms with Crippen LogP contribution >= 0.6 is 0 Å². The number of benzene rings is 1. The molecule has 1 aromatic carbocycles. The van der Waals surface area contributed by atoms with Gasteiger partial charge in [0.1, 0.15) is 5.75 Å². The molecule has 4 aliphatic rings. The summed E-state index contributed by atoms with van der Waals surface area (Å²) in [5.41, 5.74) is 2.64. The number of amides is 2. The average molecular weight is 398 g/mol. The smallest absolute Gasteiger partial charge is 0.228 e. The number of nitrogens with zero attached hydrogens (tertiary/aromatic N) is 3. The molecule has 2 saturated heterocycles. The number of ether oxygens (including phenoxy) is 1. The van der Waals surface area contributed by atoms with Crippen molar-refractivity contribution in [2.24, 2.45) is 5.92 Å². The van der Waals surface area contributed by atoms with Crippen molar-refractivity contribution in [2.45, 2.75) is 51.1 Å². The number of likely N-dealkylation sites (tertiary alicyclic amines) is 1. The lowest BCUT2D eigenvalue weighted by Gasteiger charge is -2.36. The molecule has 0 spiro atoms. The van der Waals surface area contributed by atoms with Crippen molar-refractivity contribution in [2.75, 3.05) is 39.3 Å². The summed E-state index contributed by atoms with van der Waals surface area (Å²) in [5.74, 6) is 1.27. The Morgan fingerprint density at radius 1 is 1.10 bits per heavy atom. The summed E-state index contributed by atoms with van der Waals surface area (Å²) >= 11 is 0. The maximum atomic E-state index is 13.0. The first-order chi connectivity index (χ1) is 14.2. The first-order valence-corrected chi connectivity index (χ1v) is 11.2. The largest absolute Gasteiger partial charge is 0.493 e. The van der Waals surface area contributed by atoms with E-state index in [2.05, 4.69) is 23.1 Å². The second-order valence-corrected chi connectivity index (χ2v) is 9.03. The molecule has 0 radical (unpaired) electrons. The molecule has 6 nitrogen and oxygen atoms in total. The molecule has 156 valence electrons. The van der Waals surface area contributed by atoms with Crippen LogP contribution in [0.3, 0.4) is 0 Å². The maximum Gasteiger partial charge on any atom is 0.228 e. The van der Waals surface area contributed by atoms with Crippen LogP contribution in [0.25, 0.3) is 0 Å². The van der Waals surface area contributed by atoms with Gasteiger partial charge in [-0.2, -0.15) is 0 Å². The molecule has 0 aromatic heterocycles. The van der Waals surface area contributed by atoms with Gasteiger partial charge in [-0.15, -0.1) is 0 Å². The van der Waals surface area contributed by atoms with E-state index in [0.29, 0.717) is 19.0 Å². The lowest BCUT2D eigenvalue weighted by atomic mass is 10.1. The summed E-state index contributed by atoms with van der Waals surface area (Å²) < 4.78 is 5.59. The minimum atomic E-state index is -0.133. The monoisotopic (exact) mass is 397 g/mol. The highest BCUT2D eigenvalue weighted by Crippen LogP contribution is 2.30. The predicted molar refractivity (Wildman–Crippen MR) is 110 cm³/mol. The summed E-state index contributed by atoms with van der Waals surface area (Å²) in [6.07, 6.45) is 6.06. The molecule has 0 bridgehead atoms. The summed E-state index contributed by atoms with van der Waals surface area (Å²) in [5, 5.41) is 0. The summed E-state index contributed by atoms with van der Waals surface area (Å²) in [4.78, 5) is 31.9. The molecule has 3 fully saturated rings. The highest BCUT2D eigenvalue weighted by atomic mass is 16.5. The fourth-order valence-electron chi connectivity index (χ4n) is 5.45. The van der Waals surface area contributed by atoms with E-state index in [9.17, 15) is 9.59 Å². The van der Waals surface area contributed by atoms with Crippen molar-refractivity contribution in [1.29, 1.82) is 0 Å². The molecule has 1 aromatic rings. The number of carbonyl (C=O) groups is 2. The highest BCUT2D eigenvalue weighted by molar-refractivity contribution is 5.89. The normalized spacial score (nSPS) is 25.5. The zero-order chi connectivity index (χ0) is 19.8. The van der Waals surface area contributed by atoms with E-state index >= 15 is 0 Å².